The van der Waals surface area contributed by atoms with Crippen molar-refractivity contribution >= 4 is 23.5 Å². The Morgan fingerprint density at radius 3 is 2.31 bits per heavy atom. The van der Waals surface area contributed by atoms with Gasteiger partial charge in [0.15, 0.2) is 6.61 Å². The first kappa shape index (κ1) is 21.9. The predicted octanol–water partition coefficient (Wildman–Crippen LogP) is 2.70. The van der Waals surface area contributed by atoms with Gasteiger partial charge in [-0.1, -0.05) is 36.4 Å². The Labute approximate surface area is 165 Å². The van der Waals surface area contributed by atoms with Crippen LogP contribution in [0, 0.1) is 0 Å². The third-order valence-electron chi connectivity index (χ3n) is 3.91. The van der Waals surface area contributed by atoms with Crippen LogP contribution < -0.4 is 10.6 Å². The molecule has 0 spiro atoms. The first-order valence-corrected chi connectivity index (χ1v) is 8.62. The summed E-state index contributed by atoms with van der Waals surface area (Å²) in [5, 5.41) is 0. The van der Waals surface area contributed by atoms with Gasteiger partial charge in [-0.15, -0.1) is 0 Å². The first-order valence-electron chi connectivity index (χ1n) is 8.62. The van der Waals surface area contributed by atoms with Crippen LogP contribution in [0.5, 0.6) is 0 Å². The number of primary amides is 1. The van der Waals surface area contributed by atoms with Crippen LogP contribution in [0.2, 0.25) is 0 Å². The molecular weight excluding hydrogens is 389 g/mol. The van der Waals surface area contributed by atoms with Crippen LogP contribution in [0.15, 0.2) is 54.6 Å². The SMILES string of the molecule is NC(=O)CCN(C(=O)COC(=O)Cc1cccc(C(F)(F)F)c1)c1ccccc1. The molecule has 29 heavy (non-hydrogen) atoms. The number of alkyl halides is 3. The normalized spacial score (nSPS) is 11.0. The van der Waals surface area contributed by atoms with Crippen LogP contribution in [-0.2, 0) is 31.7 Å². The second-order valence-corrected chi connectivity index (χ2v) is 6.13. The maximum absolute atomic E-state index is 12.7. The fourth-order valence-corrected chi connectivity index (χ4v) is 2.52. The van der Waals surface area contributed by atoms with Gasteiger partial charge in [0.25, 0.3) is 5.91 Å². The number of anilines is 1. The minimum absolute atomic E-state index is 0.00333. The van der Waals surface area contributed by atoms with Crippen molar-refractivity contribution in [2.24, 2.45) is 5.73 Å². The predicted molar refractivity (Wildman–Crippen MR) is 98.7 cm³/mol. The molecular formula is C20H19F3N2O4. The maximum Gasteiger partial charge on any atom is 0.416 e. The molecule has 0 atom stereocenters. The molecule has 0 aliphatic rings. The van der Waals surface area contributed by atoms with E-state index < -0.39 is 42.6 Å². The van der Waals surface area contributed by atoms with E-state index >= 15 is 0 Å². The van der Waals surface area contributed by atoms with Gasteiger partial charge in [-0.2, -0.15) is 13.2 Å². The van der Waals surface area contributed by atoms with Crippen LogP contribution in [0.4, 0.5) is 18.9 Å². The third-order valence-corrected chi connectivity index (χ3v) is 3.91. The second-order valence-electron chi connectivity index (χ2n) is 6.13. The van der Waals surface area contributed by atoms with Crippen LogP contribution in [0.1, 0.15) is 17.5 Å². The molecule has 0 bridgehead atoms. The molecule has 0 aromatic heterocycles. The number of hydrogen-bond donors (Lipinski definition) is 1. The van der Waals surface area contributed by atoms with Gasteiger partial charge in [-0.05, 0) is 23.8 Å². The number of halogens is 3. The summed E-state index contributed by atoms with van der Waals surface area (Å²) in [6, 6.07) is 12.7. The minimum Gasteiger partial charge on any atom is -0.455 e. The Hall–Kier alpha value is -3.36. The molecule has 2 aromatic rings. The lowest BCUT2D eigenvalue weighted by Gasteiger charge is -2.22. The number of carbonyl (C=O) groups is 3. The van der Waals surface area contributed by atoms with E-state index in [-0.39, 0.29) is 18.5 Å². The van der Waals surface area contributed by atoms with Crippen molar-refractivity contribution in [3.05, 3.63) is 65.7 Å². The fourth-order valence-electron chi connectivity index (χ4n) is 2.52. The summed E-state index contributed by atoms with van der Waals surface area (Å²) >= 11 is 0. The molecule has 2 N–H and O–H groups in total. The molecule has 6 nitrogen and oxygen atoms in total. The number of esters is 1. The molecule has 154 valence electrons. The molecule has 0 radical (unpaired) electrons. The highest BCUT2D eigenvalue weighted by Gasteiger charge is 2.30. The van der Waals surface area contributed by atoms with Crippen molar-refractivity contribution in [1.82, 2.24) is 0 Å². The van der Waals surface area contributed by atoms with Crippen molar-refractivity contribution in [1.29, 1.82) is 0 Å². The van der Waals surface area contributed by atoms with Gasteiger partial charge < -0.3 is 15.4 Å². The van der Waals surface area contributed by atoms with Gasteiger partial charge in [0.05, 0.1) is 12.0 Å². The highest BCUT2D eigenvalue weighted by Crippen LogP contribution is 2.29. The molecule has 2 rings (SSSR count). The van der Waals surface area contributed by atoms with Gasteiger partial charge in [0.1, 0.15) is 0 Å². The summed E-state index contributed by atoms with van der Waals surface area (Å²) in [4.78, 5) is 36.7. The number of hydrogen-bond acceptors (Lipinski definition) is 4. The lowest BCUT2D eigenvalue weighted by Crippen LogP contribution is -2.37. The van der Waals surface area contributed by atoms with Crippen molar-refractivity contribution < 1.29 is 32.3 Å². The number of benzene rings is 2. The quantitative estimate of drug-likeness (QED) is 0.680. The van der Waals surface area contributed by atoms with E-state index in [1.165, 1.54) is 17.0 Å². The molecule has 0 saturated carbocycles. The largest absolute Gasteiger partial charge is 0.455 e. The summed E-state index contributed by atoms with van der Waals surface area (Å²) < 4.78 is 43.1. The van der Waals surface area contributed by atoms with Gasteiger partial charge >= 0.3 is 12.1 Å². The third kappa shape index (κ3) is 6.95. The summed E-state index contributed by atoms with van der Waals surface area (Å²) in [5.41, 5.74) is 4.86. The van der Waals surface area contributed by atoms with Crippen LogP contribution in [0.3, 0.4) is 0 Å². The number of amides is 2. The van der Waals surface area contributed by atoms with Gasteiger partial charge in [-0.3, -0.25) is 14.4 Å². The van der Waals surface area contributed by atoms with Crippen molar-refractivity contribution in [3.63, 3.8) is 0 Å². The topological polar surface area (TPSA) is 89.7 Å². The van der Waals surface area contributed by atoms with E-state index in [2.05, 4.69) is 0 Å². The summed E-state index contributed by atoms with van der Waals surface area (Å²) in [6.07, 6.45) is -5.02. The molecule has 0 fully saturated rings. The summed E-state index contributed by atoms with van der Waals surface area (Å²) in [7, 11) is 0. The average molecular weight is 408 g/mol. The van der Waals surface area contributed by atoms with Gasteiger partial charge in [0.2, 0.25) is 5.91 Å². The number of carbonyl (C=O) groups excluding carboxylic acids is 3. The smallest absolute Gasteiger partial charge is 0.416 e. The molecule has 2 amide bonds. The van der Waals surface area contributed by atoms with Crippen molar-refractivity contribution in [3.8, 4) is 0 Å². The molecule has 0 aliphatic carbocycles. The average Bonchev–Trinajstić information content (AvgIpc) is 2.66. The zero-order valence-electron chi connectivity index (χ0n) is 15.3. The van der Waals surface area contributed by atoms with E-state index in [0.717, 1.165) is 12.1 Å². The fraction of sp³-hybridized carbons (Fsp3) is 0.250. The van der Waals surface area contributed by atoms with Crippen LogP contribution in [-0.4, -0.2) is 30.9 Å². The van der Waals surface area contributed by atoms with Crippen LogP contribution in [0.25, 0.3) is 0 Å². The highest BCUT2D eigenvalue weighted by atomic mass is 19.4. The standard InChI is InChI=1S/C20H19F3N2O4/c21-20(22,23)15-6-4-5-14(11-15)12-19(28)29-13-18(27)25(10-9-17(24)26)16-7-2-1-3-8-16/h1-8,11H,9-10,12-13H2,(H2,24,26). The molecule has 2 aromatic carbocycles. The minimum atomic E-state index is -4.52. The summed E-state index contributed by atoms with van der Waals surface area (Å²) in [5.74, 6) is -2.03. The summed E-state index contributed by atoms with van der Waals surface area (Å²) in [6.45, 7) is -0.616. The Kier molecular flexibility index (Phi) is 7.35. The second kappa shape index (κ2) is 9.72. The monoisotopic (exact) mass is 408 g/mol. The lowest BCUT2D eigenvalue weighted by molar-refractivity contribution is -0.147. The van der Waals surface area contributed by atoms with Crippen molar-refractivity contribution in [2.75, 3.05) is 18.1 Å². The highest BCUT2D eigenvalue weighted by molar-refractivity contribution is 5.95. The maximum atomic E-state index is 12.7. The Morgan fingerprint density at radius 2 is 1.69 bits per heavy atom. The number of nitrogens with two attached hydrogens (primary N) is 1. The first-order chi connectivity index (χ1) is 13.7. The van der Waals surface area contributed by atoms with E-state index in [4.69, 9.17) is 10.5 Å². The van der Waals surface area contributed by atoms with Gasteiger partial charge in [-0.25, -0.2) is 0 Å². The molecule has 0 heterocycles. The van der Waals surface area contributed by atoms with E-state index in [1.54, 1.807) is 30.3 Å². The van der Waals surface area contributed by atoms with E-state index in [1.807, 2.05) is 0 Å². The number of rotatable bonds is 8. The number of para-hydroxylation sites is 1. The van der Waals surface area contributed by atoms with E-state index in [9.17, 15) is 27.6 Å². The molecule has 0 unspecified atom stereocenters. The Bertz CT molecular complexity index is 870. The van der Waals surface area contributed by atoms with Crippen molar-refractivity contribution in [2.45, 2.75) is 19.0 Å². The Morgan fingerprint density at radius 1 is 1.00 bits per heavy atom. The van der Waals surface area contributed by atoms with E-state index in [0.29, 0.717) is 5.69 Å². The molecule has 9 heteroatoms. The zero-order valence-corrected chi connectivity index (χ0v) is 15.3. The Balaban J connectivity index is 1.98. The molecule has 0 saturated heterocycles. The van der Waals surface area contributed by atoms with Crippen LogP contribution >= 0.6 is 0 Å². The number of nitrogens with zero attached hydrogens (tertiary/aromatic N) is 1. The number of ether oxygens (including phenoxy) is 1. The lowest BCUT2D eigenvalue weighted by atomic mass is 10.1. The van der Waals surface area contributed by atoms with Gasteiger partial charge in [0, 0.05) is 18.7 Å². The molecule has 0 aliphatic heterocycles. The zero-order chi connectivity index (χ0) is 21.4.